The second kappa shape index (κ2) is 10.3. The van der Waals surface area contributed by atoms with Crippen molar-refractivity contribution in [2.75, 3.05) is 32.0 Å². The molecule has 1 aromatic carbocycles. The number of rotatable bonds is 6. The monoisotopic (exact) mass is 427 g/mol. The first-order chi connectivity index (χ1) is 14.5. The third-order valence-electron chi connectivity index (χ3n) is 5.03. The molecule has 158 valence electrons. The molecule has 1 N–H and O–H groups in total. The highest BCUT2D eigenvalue weighted by Crippen LogP contribution is 2.29. The van der Waals surface area contributed by atoms with Crippen LogP contribution in [0.2, 0.25) is 0 Å². The summed E-state index contributed by atoms with van der Waals surface area (Å²) < 4.78 is 0. The van der Waals surface area contributed by atoms with Crippen LogP contribution in [0.3, 0.4) is 0 Å². The molecule has 1 unspecified atom stereocenters. The predicted molar refractivity (Wildman–Crippen MR) is 116 cm³/mol. The Morgan fingerprint density at radius 2 is 2.10 bits per heavy atom. The van der Waals surface area contributed by atoms with E-state index in [2.05, 4.69) is 15.2 Å². The molecule has 1 atom stereocenters. The van der Waals surface area contributed by atoms with Crippen LogP contribution in [0.4, 0.5) is 5.69 Å². The van der Waals surface area contributed by atoms with E-state index < -0.39 is 5.25 Å². The fourth-order valence-corrected chi connectivity index (χ4v) is 4.50. The van der Waals surface area contributed by atoms with Gasteiger partial charge in [0.2, 0.25) is 5.91 Å². The number of anilines is 1. The molecule has 0 aliphatic carbocycles. The van der Waals surface area contributed by atoms with Crippen molar-refractivity contribution in [1.29, 1.82) is 5.26 Å². The summed E-state index contributed by atoms with van der Waals surface area (Å²) >= 11 is 1.36. The van der Waals surface area contributed by atoms with Crippen molar-refractivity contribution in [1.82, 2.24) is 9.80 Å². The summed E-state index contributed by atoms with van der Waals surface area (Å²) in [4.78, 5) is 44.9. The molecular formula is C21H25N5O3S. The maximum Gasteiger partial charge on any atom is 0.262 e. The van der Waals surface area contributed by atoms with Gasteiger partial charge in [-0.05, 0) is 37.5 Å². The molecule has 2 heterocycles. The fraction of sp³-hybridized carbons (Fsp3) is 0.476. The normalized spacial score (nSPS) is 18.5. The van der Waals surface area contributed by atoms with Crippen LogP contribution >= 0.6 is 11.8 Å². The Morgan fingerprint density at radius 3 is 2.83 bits per heavy atom. The van der Waals surface area contributed by atoms with Gasteiger partial charge in [-0.15, -0.1) is 0 Å². The molecule has 8 nitrogen and oxygen atoms in total. The van der Waals surface area contributed by atoms with Gasteiger partial charge in [-0.1, -0.05) is 17.8 Å². The van der Waals surface area contributed by atoms with Gasteiger partial charge < -0.3 is 15.1 Å². The number of amides is 3. The Balaban J connectivity index is 1.55. The lowest BCUT2D eigenvalue weighted by molar-refractivity contribution is -0.121. The van der Waals surface area contributed by atoms with Crippen molar-refractivity contribution < 1.29 is 14.4 Å². The lowest BCUT2D eigenvalue weighted by atomic mass is 10.1. The molecule has 1 aromatic rings. The number of nitrogens with one attached hydrogen (secondary N) is 1. The van der Waals surface area contributed by atoms with Gasteiger partial charge in [0, 0.05) is 44.4 Å². The minimum atomic E-state index is -0.510. The summed E-state index contributed by atoms with van der Waals surface area (Å²) in [6.45, 7) is 2.15. The first-order valence-corrected chi connectivity index (χ1v) is 10.9. The van der Waals surface area contributed by atoms with Crippen molar-refractivity contribution in [3.8, 4) is 6.07 Å². The van der Waals surface area contributed by atoms with Crippen molar-refractivity contribution in [3.63, 3.8) is 0 Å². The molecule has 3 rings (SSSR count). The quantitative estimate of drug-likeness (QED) is 0.748. The van der Waals surface area contributed by atoms with Gasteiger partial charge in [-0.25, -0.2) is 0 Å². The second-order valence-corrected chi connectivity index (χ2v) is 8.52. The van der Waals surface area contributed by atoms with Crippen LogP contribution in [0.15, 0.2) is 29.3 Å². The Kier molecular flexibility index (Phi) is 7.46. The molecule has 0 saturated carbocycles. The lowest BCUT2D eigenvalue weighted by Crippen LogP contribution is -2.33. The van der Waals surface area contributed by atoms with Gasteiger partial charge in [0.15, 0.2) is 5.17 Å². The average molecular weight is 428 g/mol. The number of hydrogen-bond acceptors (Lipinski definition) is 6. The van der Waals surface area contributed by atoms with Crippen LogP contribution in [0, 0.1) is 11.3 Å². The van der Waals surface area contributed by atoms with Crippen LogP contribution < -0.4 is 5.32 Å². The second-order valence-electron chi connectivity index (χ2n) is 7.35. The highest BCUT2D eigenvalue weighted by Gasteiger charge is 2.33. The Bertz CT molecular complexity index is 889. The van der Waals surface area contributed by atoms with Crippen LogP contribution in [0.5, 0.6) is 0 Å². The largest absolute Gasteiger partial charge is 0.351 e. The number of thioether (sulfide) groups is 1. The molecule has 0 spiro atoms. The minimum absolute atomic E-state index is 0.0323. The number of carbonyl (C=O) groups excluding carboxylic acids is 3. The maximum atomic E-state index is 12.5. The van der Waals surface area contributed by atoms with E-state index in [1.807, 2.05) is 6.07 Å². The van der Waals surface area contributed by atoms with E-state index in [-0.39, 0.29) is 30.6 Å². The number of aliphatic imine (C=N–C) groups is 1. The van der Waals surface area contributed by atoms with Gasteiger partial charge in [0.25, 0.3) is 11.8 Å². The van der Waals surface area contributed by atoms with Gasteiger partial charge in [0.05, 0.1) is 12.5 Å². The van der Waals surface area contributed by atoms with Crippen molar-refractivity contribution in [3.05, 3.63) is 29.8 Å². The van der Waals surface area contributed by atoms with Gasteiger partial charge >= 0.3 is 0 Å². The highest BCUT2D eigenvalue weighted by molar-refractivity contribution is 8.15. The molecule has 2 aliphatic heterocycles. The van der Waals surface area contributed by atoms with Crippen molar-refractivity contribution >= 4 is 40.3 Å². The van der Waals surface area contributed by atoms with Gasteiger partial charge in [-0.2, -0.15) is 10.3 Å². The predicted octanol–water partition coefficient (Wildman–Crippen LogP) is 2.48. The molecule has 0 radical (unpaired) electrons. The molecule has 3 amide bonds. The first-order valence-electron chi connectivity index (χ1n) is 10.0. The van der Waals surface area contributed by atoms with E-state index in [0.29, 0.717) is 17.8 Å². The van der Waals surface area contributed by atoms with E-state index in [1.165, 1.54) is 23.1 Å². The Hall–Kier alpha value is -2.86. The average Bonchev–Trinajstić information content (AvgIpc) is 3.12. The standard InChI is InChI=1S/C21H25N5O3S/c1-25(10-6-9-22)20(29)15-7-5-8-16(13-15)23-18(27)14-17-19(28)24-21(30-17)26-11-3-2-4-12-26/h5,7-8,13,17H,2-4,6,10-12,14H2,1H3,(H,23,27). The van der Waals surface area contributed by atoms with Crippen LogP contribution in [0.1, 0.15) is 42.5 Å². The number of likely N-dealkylation sites (tertiary alicyclic amines) is 1. The molecule has 1 fully saturated rings. The number of nitrogens with zero attached hydrogens (tertiary/aromatic N) is 4. The summed E-state index contributed by atoms with van der Waals surface area (Å²) in [6, 6.07) is 8.66. The van der Waals surface area contributed by atoms with E-state index in [1.54, 1.807) is 31.3 Å². The zero-order valence-electron chi connectivity index (χ0n) is 17.0. The topological polar surface area (TPSA) is 106 Å². The molecule has 30 heavy (non-hydrogen) atoms. The Labute approximate surface area is 180 Å². The van der Waals surface area contributed by atoms with Gasteiger partial charge in [-0.3, -0.25) is 14.4 Å². The summed E-state index contributed by atoms with van der Waals surface area (Å²) in [5.41, 5.74) is 0.919. The molecule has 9 heteroatoms. The summed E-state index contributed by atoms with van der Waals surface area (Å²) in [5.74, 6) is -0.778. The maximum absolute atomic E-state index is 12.5. The summed E-state index contributed by atoms with van der Waals surface area (Å²) in [5, 5.41) is 11.7. The number of piperidine rings is 1. The first kappa shape index (κ1) is 21.8. The SMILES string of the molecule is CN(CCC#N)C(=O)c1cccc(NC(=O)CC2SC(N3CCCCC3)=NC2=O)c1. The summed E-state index contributed by atoms with van der Waals surface area (Å²) in [7, 11) is 1.63. The van der Waals surface area contributed by atoms with Crippen molar-refractivity contribution in [2.45, 2.75) is 37.4 Å². The number of nitriles is 1. The van der Waals surface area contributed by atoms with Crippen molar-refractivity contribution in [2.24, 2.45) is 4.99 Å². The summed E-state index contributed by atoms with van der Waals surface area (Å²) in [6.07, 6.45) is 3.68. The third-order valence-corrected chi connectivity index (χ3v) is 6.24. The highest BCUT2D eigenvalue weighted by atomic mass is 32.2. The van der Waals surface area contributed by atoms with Crippen LogP contribution in [-0.4, -0.2) is 64.6 Å². The third kappa shape index (κ3) is 5.60. The van der Waals surface area contributed by atoms with E-state index in [0.717, 1.165) is 31.1 Å². The zero-order valence-corrected chi connectivity index (χ0v) is 17.8. The number of benzene rings is 1. The molecule has 0 aromatic heterocycles. The minimum Gasteiger partial charge on any atom is -0.351 e. The number of amidine groups is 1. The van der Waals surface area contributed by atoms with Crippen LogP contribution in [0.25, 0.3) is 0 Å². The number of carbonyl (C=O) groups is 3. The Morgan fingerprint density at radius 1 is 1.33 bits per heavy atom. The lowest BCUT2D eigenvalue weighted by Gasteiger charge is -2.27. The van der Waals surface area contributed by atoms with E-state index in [4.69, 9.17) is 5.26 Å². The van der Waals surface area contributed by atoms with Crippen LogP contribution in [-0.2, 0) is 9.59 Å². The molecule has 0 bridgehead atoms. The fourth-order valence-electron chi connectivity index (χ4n) is 3.38. The smallest absolute Gasteiger partial charge is 0.262 e. The van der Waals surface area contributed by atoms with E-state index in [9.17, 15) is 14.4 Å². The molecule has 1 saturated heterocycles. The zero-order chi connectivity index (χ0) is 21.5. The van der Waals surface area contributed by atoms with E-state index >= 15 is 0 Å². The molecular weight excluding hydrogens is 402 g/mol. The van der Waals surface area contributed by atoms with Gasteiger partial charge in [0.1, 0.15) is 5.25 Å². The number of hydrogen-bond donors (Lipinski definition) is 1. The molecule has 2 aliphatic rings.